The molecule has 122 valence electrons. The summed E-state index contributed by atoms with van der Waals surface area (Å²) >= 11 is 0. The Balaban J connectivity index is 2.11. The molecule has 5 nitrogen and oxygen atoms in total. The second-order valence-corrected chi connectivity index (χ2v) is 6.10. The normalized spacial score (nSPS) is 16.1. The molecular formula is C17H27N3O2. The quantitative estimate of drug-likeness (QED) is 0.706. The molecule has 5 heteroatoms. The lowest BCUT2D eigenvalue weighted by atomic mass is 10.1. The van der Waals surface area contributed by atoms with Crippen LogP contribution in [0.3, 0.4) is 0 Å². The van der Waals surface area contributed by atoms with Crippen molar-refractivity contribution in [2.75, 3.05) is 65.4 Å². The number of piperazine rings is 1. The van der Waals surface area contributed by atoms with E-state index in [1.165, 1.54) is 0 Å². The third kappa shape index (κ3) is 4.71. The summed E-state index contributed by atoms with van der Waals surface area (Å²) in [5.74, 6) is 0.880. The molecule has 1 fully saturated rings. The number of anilines is 1. The predicted molar refractivity (Wildman–Crippen MR) is 90.0 cm³/mol. The van der Waals surface area contributed by atoms with Crippen molar-refractivity contribution < 1.29 is 9.53 Å². The van der Waals surface area contributed by atoms with Crippen molar-refractivity contribution in [2.45, 2.75) is 6.42 Å². The van der Waals surface area contributed by atoms with Gasteiger partial charge in [-0.25, -0.2) is 0 Å². The average molecular weight is 305 g/mol. The molecule has 0 saturated carbocycles. The Hall–Kier alpha value is -1.59. The summed E-state index contributed by atoms with van der Waals surface area (Å²) < 4.78 is 5.84. The molecule has 0 radical (unpaired) electrons. The average Bonchev–Trinajstić information content (AvgIpc) is 2.49. The molecule has 1 aromatic rings. The zero-order valence-electron chi connectivity index (χ0n) is 13.9. The maximum Gasteiger partial charge on any atom is 0.124 e. The van der Waals surface area contributed by atoms with Crippen LogP contribution in [0, 0.1) is 0 Å². The summed E-state index contributed by atoms with van der Waals surface area (Å²) in [4.78, 5) is 17.7. The molecule has 0 unspecified atom stereocenters. The van der Waals surface area contributed by atoms with Gasteiger partial charge in [-0.3, -0.25) is 0 Å². The lowest BCUT2D eigenvalue weighted by molar-refractivity contribution is -0.107. The number of nitrogens with zero attached hydrogens (tertiary/aromatic N) is 3. The van der Waals surface area contributed by atoms with Crippen LogP contribution >= 0.6 is 0 Å². The summed E-state index contributed by atoms with van der Waals surface area (Å²) in [6, 6.07) is 6.07. The van der Waals surface area contributed by atoms with Crippen LogP contribution in [0.4, 0.5) is 5.69 Å². The predicted octanol–water partition coefficient (Wildman–Crippen LogP) is 1.12. The van der Waals surface area contributed by atoms with E-state index in [9.17, 15) is 4.79 Å². The van der Waals surface area contributed by atoms with Crippen molar-refractivity contribution in [1.82, 2.24) is 9.80 Å². The van der Waals surface area contributed by atoms with Gasteiger partial charge in [-0.1, -0.05) is 6.07 Å². The van der Waals surface area contributed by atoms with E-state index in [-0.39, 0.29) is 0 Å². The van der Waals surface area contributed by atoms with Gasteiger partial charge >= 0.3 is 0 Å². The smallest absolute Gasteiger partial charge is 0.124 e. The summed E-state index contributed by atoms with van der Waals surface area (Å²) in [7, 11) is 6.21. The molecule has 1 aromatic carbocycles. The van der Waals surface area contributed by atoms with Crippen LogP contribution < -0.4 is 9.64 Å². The van der Waals surface area contributed by atoms with E-state index < -0.39 is 0 Å². The molecule has 22 heavy (non-hydrogen) atoms. The molecule has 1 aliphatic rings. The highest BCUT2D eigenvalue weighted by Gasteiger charge is 2.17. The summed E-state index contributed by atoms with van der Waals surface area (Å²) in [6.07, 6.45) is 1.43. The highest BCUT2D eigenvalue weighted by atomic mass is 16.5. The van der Waals surface area contributed by atoms with Crippen molar-refractivity contribution in [3.8, 4) is 5.75 Å². The molecule has 0 aromatic heterocycles. The van der Waals surface area contributed by atoms with E-state index in [1.54, 1.807) is 0 Å². The lowest BCUT2D eigenvalue weighted by Crippen LogP contribution is -2.44. The lowest BCUT2D eigenvalue weighted by Gasteiger charge is -2.35. The second-order valence-electron chi connectivity index (χ2n) is 6.10. The topological polar surface area (TPSA) is 36.0 Å². The van der Waals surface area contributed by atoms with Crippen molar-refractivity contribution >= 4 is 12.0 Å². The Morgan fingerprint density at radius 3 is 2.59 bits per heavy atom. The van der Waals surface area contributed by atoms with Gasteiger partial charge in [0.2, 0.25) is 0 Å². The molecule has 2 rings (SSSR count). The number of aldehydes is 1. The first kappa shape index (κ1) is 16.8. The van der Waals surface area contributed by atoms with E-state index in [4.69, 9.17) is 4.74 Å². The minimum atomic E-state index is 0.458. The van der Waals surface area contributed by atoms with Crippen LogP contribution in [-0.2, 0) is 11.2 Å². The van der Waals surface area contributed by atoms with Crippen molar-refractivity contribution in [3.63, 3.8) is 0 Å². The highest BCUT2D eigenvalue weighted by Crippen LogP contribution is 2.27. The minimum Gasteiger partial charge on any atom is -0.492 e. The second kappa shape index (κ2) is 8.15. The monoisotopic (exact) mass is 305 g/mol. The van der Waals surface area contributed by atoms with Gasteiger partial charge in [-0.15, -0.1) is 0 Å². The van der Waals surface area contributed by atoms with Gasteiger partial charge in [0.1, 0.15) is 18.6 Å². The Morgan fingerprint density at radius 2 is 1.95 bits per heavy atom. The van der Waals surface area contributed by atoms with Crippen LogP contribution in [0.5, 0.6) is 5.75 Å². The number of carbonyl (C=O) groups excluding carboxylic acids is 1. The number of likely N-dealkylation sites (N-methyl/N-ethyl adjacent to an activating group) is 2. The number of hydrogen-bond donors (Lipinski definition) is 0. The molecule has 0 atom stereocenters. The van der Waals surface area contributed by atoms with E-state index >= 15 is 0 Å². The van der Waals surface area contributed by atoms with Gasteiger partial charge < -0.3 is 24.2 Å². The van der Waals surface area contributed by atoms with Crippen molar-refractivity contribution in [1.29, 1.82) is 0 Å². The number of benzene rings is 1. The number of rotatable bonds is 7. The zero-order chi connectivity index (χ0) is 15.9. The first-order valence-corrected chi connectivity index (χ1v) is 7.87. The van der Waals surface area contributed by atoms with E-state index in [0.717, 1.165) is 56.0 Å². The molecular weight excluding hydrogens is 278 g/mol. The Morgan fingerprint density at radius 1 is 1.23 bits per heavy atom. The van der Waals surface area contributed by atoms with E-state index in [1.807, 2.05) is 26.2 Å². The fourth-order valence-corrected chi connectivity index (χ4v) is 2.58. The number of ether oxygens (including phenoxy) is 1. The molecule has 0 amide bonds. The molecule has 1 saturated heterocycles. The molecule has 0 bridgehead atoms. The van der Waals surface area contributed by atoms with Crippen molar-refractivity contribution in [3.05, 3.63) is 23.8 Å². The number of carbonyl (C=O) groups is 1. The summed E-state index contributed by atoms with van der Waals surface area (Å²) in [5, 5.41) is 0. The fraction of sp³-hybridized carbons (Fsp3) is 0.588. The Kier molecular flexibility index (Phi) is 6.21. The fourth-order valence-electron chi connectivity index (χ4n) is 2.58. The Labute approximate surface area is 133 Å². The van der Waals surface area contributed by atoms with Gasteiger partial charge in [0.05, 0.1) is 0 Å². The SMILES string of the molecule is CN(C)CCOc1ccc(CC=O)c(N2CCN(C)CC2)c1. The molecule has 0 aliphatic carbocycles. The largest absolute Gasteiger partial charge is 0.492 e. The first-order valence-electron chi connectivity index (χ1n) is 7.87. The first-order chi connectivity index (χ1) is 10.6. The van der Waals surface area contributed by atoms with Crippen LogP contribution in [0.25, 0.3) is 0 Å². The maximum atomic E-state index is 10.9. The van der Waals surface area contributed by atoms with E-state index in [0.29, 0.717) is 13.0 Å². The third-order valence-corrected chi connectivity index (χ3v) is 4.01. The molecule has 1 aliphatic heterocycles. The van der Waals surface area contributed by atoms with Gasteiger partial charge in [-0.05, 0) is 32.8 Å². The van der Waals surface area contributed by atoms with Crippen LogP contribution in [0.15, 0.2) is 18.2 Å². The van der Waals surface area contributed by atoms with Gasteiger partial charge in [0.25, 0.3) is 0 Å². The van der Waals surface area contributed by atoms with Crippen LogP contribution in [0.1, 0.15) is 5.56 Å². The zero-order valence-corrected chi connectivity index (χ0v) is 13.9. The van der Waals surface area contributed by atoms with Gasteiger partial charge in [-0.2, -0.15) is 0 Å². The molecule has 0 spiro atoms. The Bertz CT molecular complexity index is 483. The standard InChI is InChI=1S/C17H27N3O2/c1-18(2)11-13-22-16-5-4-15(6-12-21)17(14-16)20-9-7-19(3)8-10-20/h4-5,12,14H,6-11,13H2,1-3H3. The van der Waals surface area contributed by atoms with Gasteiger partial charge in [0.15, 0.2) is 0 Å². The number of hydrogen-bond acceptors (Lipinski definition) is 5. The molecule has 1 heterocycles. The van der Waals surface area contributed by atoms with Crippen LogP contribution in [-0.4, -0.2) is 76.6 Å². The summed E-state index contributed by atoms with van der Waals surface area (Å²) in [6.45, 7) is 5.63. The van der Waals surface area contributed by atoms with Crippen LogP contribution in [0.2, 0.25) is 0 Å². The summed E-state index contributed by atoms with van der Waals surface area (Å²) in [5.41, 5.74) is 2.22. The van der Waals surface area contributed by atoms with Crippen molar-refractivity contribution in [2.24, 2.45) is 0 Å². The van der Waals surface area contributed by atoms with E-state index in [2.05, 4.69) is 27.8 Å². The molecule has 0 N–H and O–H groups in total. The third-order valence-electron chi connectivity index (χ3n) is 4.01. The van der Waals surface area contributed by atoms with Gasteiger partial charge in [0, 0.05) is 50.9 Å². The highest BCUT2D eigenvalue weighted by molar-refractivity contribution is 5.65. The maximum absolute atomic E-state index is 10.9. The minimum absolute atomic E-state index is 0.458.